The van der Waals surface area contributed by atoms with Crippen LogP contribution < -0.4 is 5.32 Å². The number of halogens is 3. The third kappa shape index (κ3) is 3.22. The summed E-state index contributed by atoms with van der Waals surface area (Å²) in [7, 11) is 0. The molecular formula is C13H7BrF2N2O3. The smallest absolute Gasteiger partial charge is 0.284 e. The van der Waals surface area contributed by atoms with Crippen molar-refractivity contribution in [2.75, 3.05) is 5.32 Å². The van der Waals surface area contributed by atoms with Crippen molar-refractivity contribution < 1.29 is 18.5 Å². The molecule has 0 bridgehead atoms. The highest BCUT2D eigenvalue weighted by Crippen LogP contribution is 2.26. The molecule has 2 aromatic rings. The summed E-state index contributed by atoms with van der Waals surface area (Å²) in [4.78, 5) is 22.1. The first-order valence-corrected chi connectivity index (χ1v) is 6.38. The van der Waals surface area contributed by atoms with Gasteiger partial charge in [-0.2, -0.15) is 0 Å². The second-order valence-corrected chi connectivity index (χ2v) is 4.83. The Labute approximate surface area is 125 Å². The van der Waals surface area contributed by atoms with Crippen molar-refractivity contribution in [3.63, 3.8) is 0 Å². The van der Waals surface area contributed by atoms with Gasteiger partial charge in [0, 0.05) is 11.6 Å². The van der Waals surface area contributed by atoms with Gasteiger partial charge in [-0.1, -0.05) is 6.07 Å². The number of hydrogen-bond donors (Lipinski definition) is 1. The Hall–Kier alpha value is -2.35. The van der Waals surface area contributed by atoms with E-state index in [4.69, 9.17) is 0 Å². The van der Waals surface area contributed by atoms with Gasteiger partial charge < -0.3 is 5.32 Å². The van der Waals surface area contributed by atoms with Gasteiger partial charge in [-0.3, -0.25) is 14.9 Å². The highest BCUT2D eigenvalue weighted by atomic mass is 79.9. The van der Waals surface area contributed by atoms with Crippen molar-refractivity contribution in [2.24, 2.45) is 0 Å². The first kappa shape index (κ1) is 15.0. The zero-order valence-electron chi connectivity index (χ0n) is 10.3. The molecule has 1 N–H and O–H groups in total. The number of nitrogens with zero attached hydrogens (tertiary/aromatic N) is 1. The number of carbonyl (C=O) groups is 1. The maximum Gasteiger partial charge on any atom is 0.284 e. The van der Waals surface area contributed by atoms with Crippen molar-refractivity contribution in [3.8, 4) is 0 Å². The molecule has 5 nitrogen and oxygen atoms in total. The summed E-state index contributed by atoms with van der Waals surface area (Å²) < 4.78 is 26.7. The first-order valence-electron chi connectivity index (χ1n) is 5.59. The standard InChI is InChI=1S/C13H7BrF2N2O3/c14-8-5-4-7(6-11(8)18(20)21)13(19)17-10-3-1-2-9(15)12(10)16/h1-6H,(H,17,19). The molecule has 2 rings (SSSR count). The number of nitro groups is 1. The van der Waals surface area contributed by atoms with Crippen LogP contribution in [0.5, 0.6) is 0 Å². The lowest BCUT2D eigenvalue weighted by Crippen LogP contribution is -2.13. The molecule has 108 valence electrons. The van der Waals surface area contributed by atoms with Crippen LogP contribution in [0.2, 0.25) is 0 Å². The molecule has 0 aromatic heterocycles. The second kappa shape index (κ2) is 5.96. The average Bonchev–Trinajstić information content (AvgIpc) is 2.44. The molecule has 0 aliphatic heterocycles. The number of amides is 1. The molecule has 8 heteroatoms. The molecular weight excluding hydrogens is 350 g/mol. The Balaban J connectivity index is 2.31. The number of carbonyl (C=O) groups excluding carboxylic acids is 1. The average molecular weight is 357 g/mol. The van der Waals surface area contributed by atoms with Gasteiger partial charge in [0.05, 0.1) is 15.1 Å². The summed E-state index contributed by atoms with van der Waals surface area (Å²) in [5.74, 6) is -3.08. The highest BCUT2D eigenvalue weighted by molar-refractivity contribution is 9.10. The summed E-state index contributed by atoms with van der Waals surface area (Å²) in [6, 6.07) is 7.02. The van der Waals surface area contributed by atoms with E-state index < -0.39 is 22.5 Å². The lowest BCUT2D eigenvalue weighted by Gasteiger charge is -2.07. The number of nitrogens with one attached hydrogen (secondary N) is 1. The van der Waals surface area contributed by atoms with E-state index >= 15 is 0 Å². The van der Waals surface area contributed by atoms with Crippen molar-refractivity contribution in [1.82, 2.24) is 0 Å². The molecule has 0 aliphatic rings. The molecule has 0 aliphatic carbocycles. The molecule has 0 atom stereocenters. The summed E-state index contributed by atoms with van der Waals surface area (Å²) in [5.41, 5.74) is -0.693. The summed E-state index contributed by atoms with van der Waals surface area (Å²) in [5, 5.41) is 12.9. The largest absolute Gasteiger partial charge is 0.319 e. The van der Waals surface area contributed by atoms with Crippen molar-refractivity contribution in [1.29, 1.82) is 0 Å². The zero-order chi connectivity index (χ0) is 15.6. The number of benzene rings is 2. The van der Waals surface area contributed by atoms with Crippen LogP contribution in [-0.2, 0) is 0 Å². The molecule has 0 unspecified atom stereocenters. The normalized spacial score (nSPS) is 10.2. The Morgan fingerprint density at radius 2 is 1.95 bits per heavy atom. The monoisotopic (exact) mass is 356 g/mol. The number of anilines is 1. The van der Waals surface area contributed by atoms with Crippen LogP contribution >= 0.6 is 15.9 Å². The zero-order valence-corrected chi connectivity index (χ0v) is 11.9. The minimum absolute atomic E-state index is 0.0476. The van der Waals surface area contributed by atoms with Crippen LogP contribution in [0.25, 0.3) is 0 Å². The predicted molar refractivity (Wildman–Crippen MR) is 75.1 cm³/mol. The van der Waals surface area contributed by atoms with Crippen molar-refractivity contribution in [3.05, 3.63) is 68.2 Å². The van der Waals surface area contributed by atoms with E-state index in [0.29, 0.717) is 0 Å². The fraction of sp³-hybridized carbons (Fsp3) is 0. The van der Waals surface area contributed by atoms with Gasteiger partial charge in [0.25, 0.3) is 11.6 Å². The number of hydrogen-bond acceptors (Lipinski definition) is 3. The topological polar surface area (TPSA) is 72.2 Å². The van der Waals surface area contributed by atoms with E-state index in [1.54, 1.807) is 0 Å². The first-order chi connectivity index (χ1) is 9.90. The van der Waals surface area contributed by atoms with Gasteiger partial charge in [0.1, 0.15) is 0 Å². The summed E-state index contributed by atoms with van der Waals surface area (Å²) in [6.07, 6.45) is 0. The molecule has 0 fully saturated rings. The molecule has 0 saturated heterocycles. The van der Waals surface area contributed by atoms with E-state index in [1.165, 1.54) is 24.3 Å². The van der Waals surface area contributed by atoms with E-state index in [9.17, 15) is 23.7 Å². The van der Waals surface area contributed by atoms with Gasteiger partial charge >= 0.3 is 0 Å². The molecule has 0 radical (unpaired) electrons. The lowest BCUT2D eigenvalue weighted by atomic mass is 10.2. The molecule has 2 aromatic carbocycles. The quantitative estimate of drug-likeness (QED) is 0.669. The third-order valence-electron chi connectivity index (χ3n) is 2.60. The summed E-state index contributed by atoms with van der Waals surface area (Å²) in [6.45, 7) is 0. The maximum absolute atomic E-state index is 13.4. The summed E-state index contributed by atoms with van der Waals surface area (Å²) >= 11 is 2.99. The Morgan fingerprint density at radius 1 is 1.24 bits per heavy atom. The highest BCUT2D eigenvalue weighted by Gasteiger charge is 2.17. The number of rotatable bonds is 3. The molecule has 0 heterocycles. The van der Waals surface area contributed by atoms with Crippen LogP contribution in [0.4, 0.5) is 20.2 Å². The van der Waals surface area contributed by atoms with Gasteiger partial charge in [0.2, 0.25) is 0 Å². The van der Waals surface area contributed by atoms with Gasteiger partial charge in [-0.05, 0) is 40.2 Å². The Bertz CT molecular complexity index is 737. The SMILES string of the molecule is O=C(Nc1cccc(F)c1F)c1ccc(Br)c([N+](=O)[O-])c1. The van der Waals surface area contributed by atoms with Crippen LogP contribution in [0.3, 0.4) is 0 Å². The van der Waals surface area contributed by atoms with Gasteiger partial charge in [0.15, 0.2) is 11.6 Å². The van der Waals surface area contributed by atoms with E-state index in [2.05, 4.69) is 21.2 Å². The Kier molecular flexibility index (Phi) is 4.27. The van der Waals surface area contributed by atoms with Crippen LogP contribution in [0, 0.1) is 21.7 Å². The molecule has 21 heavy (non-hydrogen) atoms. The predicted octanol–water partition coefficient (Wildman–Crippen LogP) is 3.89. The fourth-order valence-electron chi connectivity index (χ4n) is 1.59. The van der Waals surface area contributed by atoms with E-state index in [0.717, 1.165) is 12.1 Å². The van der Waals surface area contributed by atoms with Gasteiger partial charge in [-0.15, -0.1) is 0 Å². The van der Waals surface area contributed by atoms with Crippen LogP contribution in [0.1, 0.15) is 10.4 Å². The van der Waals surface area contributed by atoms with Gasteiger partial charge in [-0.25, -0.2) is 8.78 Å². The molecule has 0 saturated carbocycles. The number of nitro benzene ring substituents is 1. The minimum Gasteiger partial charge on any atom is -0.319 e. The van der Waals surface area contributed by atoms with Crippen molar-refractivity contribution >= 4 is 33.2 Å². The lowest BCUT2D eigenvalue weighted by molar-refractivity contribution is -0.385. The fourth-order valence-corrected chi connectivity index (χ4v) is 1.98. The molecule has 1 amide bonds. The Morgan fingerprint density at radius 3 is 2.62 bits per heavy atom. The van der Waals surface area contributed by atoms with Crippen molar-refractivity contribution in [2.45, 2.75) is 0 Å². The molecule has 0 spiro atoms. The minimum atomic E-state index is -1.20. The third-order valence-corrected chi connectivity index (χ3v) is 3.28. The van der Waals surface area contributed by atoms with E-state index in [1.807, 2.05) is 0 Å². The second-order valence-electron chi connectivity index (χ2n) is 3.98. The van der Waals surface area contributed by atoms with E-state index in [-0.39, 0.29) is 21.4 Å². The van der Waals surface area contributed by atoms with Crippen LogP contribution in [0.15, 0.2) is 40.9 Å². The van der Waals surface area contributed by atoms with Crippen LogP contribution in [-0.4, -0.2) is 10.8 Å². The maximum atomic E-state index is 13.4.